The van der Waals surface area contributed by atoms with Crippen molar-refractivity contribution >= 4 is 11.6 Å². The molecule has 76 valence electrons. The molecule has 0 atom stereocenters. The van der Waals surface area contributed by atoms with Gasteiger partial charge in [-0.1, -0.05) is 23.7 Å². The van der Waals surface area contributed by atoms with E-state index in [4.69, 9.17) is 16.3 Å². The van der Waals surface area contributed by atoms with Crippen LogP contribution in [-0.2, 0) is 0 Å². The van der Waals surface area contributed by atoms with Crippen molar-refractivity contribution < 1.29 is 4.74 Å². The average Bonchev–Trinajstić information content (AvgIpc) is 2.30. The van der Waals surface area contributed by atoms with Crippen LogP contribution in [0.2, 0.25) is 5.02 Å². The van der Waals surface area contributed by atoms with Gasteiger partial charge in [0, 0.05) is 23.0 Å². The van der Waals surface area contributed by atoms with E-state index in [0.29, 0.717) is 0 Å². The summed E-state index contributed by atoms with van der Waals surface area (Å²) in [5.74, 6) is 0.812. The van der Waals surface area contributed by atoms with Gasteiger partial charge in [0.15, 0.2) is 0 Å². The van der Waals surface area contributed by atoms with E-state index in [1.165, 1.54) is 0 Å². The molecule has 0 aliphatic rings. The second-order valence-electron chi connectivity index (χ2n) is 3.08. The molecule has 0 bridgehead atoms. The maximum absolute atomic E-state index is 5.83. The van der Waals surface area contributed by atoms with Crippen LogP contribution < -0.4 is 4.74 Å². The van der Waals surface area contributed by atoms with E-state index in [1.54, 1.807) is 19.5 Å². The zero-order chi connectivity index (χ0) is 10.7. The molecule has 0 saturated carbocycles. The lowest BCUT2D eigenvalue weighted by Crippen LogP contribution is -1.88. The molecule has 0 unspecified atom stereocenters. The van der Waals surface area contributed by atoms with Gasteiger partial charge in [0.2, 0.25) is 0 Å². The standard InChI is InChI=1S/C12H10ClNO/c1-15-12-6-7-14-8-11(12)9-2-4-10(13)5-3-9/h2-8H,1H3. The number of hydrogen-bond acceptors (Lipinski definition) is 2. The Morgan fingerprint density at radius 2 is 1.87 bits per heavy atom. The first-order chi connectivity index (χ1) is 7.31. The van der Waals surface area contributed by atoms with Gasteiger partial charge in [-0.3, -0.25) is 4.98 Å². The van der Waals surface area contributed by atoms with Gasteiger partial charge in [0.05, 0.1) is 7.11 Å². The monoisotopic (exact) mass is 219 g/mol. The summed E-state index contributed by atoms with van der Waals surface area (Å²) in [4.78, 5) is 4.08. The largest absolute Gasteiger partial charge is 0.496 e. The summed E-state index contributed by atoms with van der Waals surface area (Å²) in [6.45, 7) is 0. The molecule has 0 N–H and O–H groups in total. The van der Waals surface area contributed by atoms with Crippen molar-refractivity contribution in [2.24, 2.45) is 0 Å². The van der Waals surface area contributed by atoms with Gasteiger partial charge in [-0.2, -0.15) is 0 Å². The summed E-state index contributed by atoms with van der Waals surface area (Å²) in [6.07, 6.45) is 3.49. The van der Waals surface area contributed by atoms with Crippen LogP contribution in [0, 0.1) is 0 Å². The van der Waals surface area contributed by atoms with Crippen LogP contribution in [0.1, 0.15) is 0 Å². The number of methoxy groups -OCH3 is 1. The lowest BCUT2D eigenvalue weighted by Gasteiger charge is -2.07. The van der Waals surface area contributed by atoms with Crippen molar-refractivity contribution in [2.45, 2.75) is 0 Å². The molecule has 1 aromatic heterocycles. The van der Waals surface area contributed by atoms with E-state index in [9.17, 15) is 0 Å². The maximum atomic E-state index is 5.83. The molecular weight excluding hydrogens is 210 g/mol. The highest BCUT2D eigenvalue weighted by atomic mass is 35.5. The van der Waals surface area contributed by atoms with E-state index in [2.05, 4.69) is 4.98 Å². The lowest BCUT2D eigenvalue weighted by atomic mass is 10.1. The van der Waals surface area contributed by atoms with Crippen molar-refractivity contribution in [1.82, 2.24) is 4.98 Å². The molecule has 2 nitrogen and oxygen atoms in total. The number of benzene rings is 1. The predicted molar refractivity (Wildman–Crippen MR) is 61.2 cm³/mol. The van der Waals surface area contributed by atoms with Crippen LogP contribution >= 0.6 is 11.6 Å². The summed E-state index contributed by atoms with van der Waals surface area (Å²) in [6, 6.07) is 9.43. The summed E-state index contributed by atoms with van der Waals surface area (Å²) in [7, 11) is 1.65. The first-order valence-electron chi connectivity index (χ1n) is 4.55. The molecule has 15 heavy (non-hydrogen) atoms. The summed E-state index contributed by atoms with van der Waals surface area (Å²) >= 11 is 5.83. The molecule has 0 amide bonds. The zero-order valence-electron chi connectivity index (χ0n) is 8.27. The molecule has 2 aromatic rings. The summed E-state index contributed by atoms with van der Waals surface area (Å²) in [5, 5.41) is 0.724. The molecule has 0 spiro atoms. The van der Waals surface area contributed by atoms with Crippen LogP contribution in [0.5, 0.6) is 5.75 Å². The third-order valence-corrected chi connectivity index (χ3v) is 2.41. The molecular formula is C12H10ClNO. The SMILES string of the molecule is COc1ccncc1-c1ccc(Cl)cc1. The van der Waals surface area contributed by atoms with E-state index >= 15 is 0 Å². The van der Waals surface area contributed by atoms with Crippen molar-refractivity contribution in [3.05, 3.63) is 47.7 Å². The summed E-state index contributed by atoms with van der Waals surface area (Å²) in [5.41, 5.74) is 2.01. The van der Waals surface area contributed by atoms with Crippen LogP contribution in [0.15, 0.2) is 42.7 Å². The second-order valence-corrected chi connectivity index (χ2v) is 3.52. The molecule has 2 rings (SSSR count). The zero-order valence-corrected chi connectivity index (χ0v) is 9.03. The minimum Gasteiger partial charge on any atom is -0.496 e. The Labute approximate surface area is 93.5 Å². The van der Waals surface area contributed by atoms with E-state index in [-0.39, 0.29) is 0 Å². The van der Waals surface area contributed by atoms with Crippen molar-refractivity contribution in [1.29, 1.82) is 0 Å². The number of aromatic nitrogens is 1. The van der Waals surface area contributed by atoms with E-state index < -0.39 is 0 Å². The normalized spacial score (nSPS) is 10.0. The molecule has 3 heteroatoms. The van der Waals surface area contributed by atoms with Gasteiger partial charge in [-0.05, 0) is 23.8 Å². The topological polar surface area (TPSA) is 22.1 Å². The summed E-state index contributed by atoms with van der Waals surface area (Å²) < 4.78 is 5.26. The maximum Gasteiger partial charge on any atom is 0.129 e. The fourth-order valence-corrected chi connectivity index (χ4v) is 1.53. The molecule has 1 heterocycles. The van der Waals surface area contributed by atoms with E-state index in [1.807, 2.05) is 30.3 Å². The minimum absolute atomic E-state index is 0.724. The molecule has 0 aliphatic carbocycles. The Balaban J connectivity index is 2.49. The quantitative estimate of drug-likeness (QED) is 0.772. The minimum atomic E-state index is 0.724. The molecule has 0 radical (unpaired) electrons. The third kappa shape index (κ3) is 2.10. The van der Waals surface area contributed by atoms with Crippen molar-refractivity contribution in [3.8, 4) is 16.9 Å². The van der Waals surface area contributed by atoms with Gasteiger partial charge in [0.1, 0.15) is 5.75 Å². The fourth-order valence-electron chi connectivity index (χ4n) is 1.41. The number of ether oxygens (including phenoxy) is 1. The average molecular weight is 220 g/mol. The Morgan fingerprint density at radius 1 is 1.13 bits per heavy atom. The fraction of sp³-hybridized carbons (Fsp3) is 0.0833. The highest BCUT2D eigenvalue weighted by Gasteiger charge is 2.04. The van der Waals surface area contributed by atoms with Crippen LogP contribution in [-0.4, -0.2) is 12.1 Å². The first-order valence-corrected chi connectivity index (χ1v) is 4.93. The van der Waals surface area contributed by atoms with Crippen LogP contribution in [0.4, 0.5) is 0 Å². The molecule has 0 aliphatic heterocycles. The number of hydrogen-bond donors (Lipinski definition) is 0. The lowest BCUT2D eigenvalue weighted by molar-refractivity contribution is 0.416. The first kappa shape index (κ1) is 9.99. The Bertz CT molecular complexity index is 453. The Hall–Kier alpha value is -1.54. The highest BCUT2D eigenvalue weighted by molar-refractivity contribution is 6.30. The molecule has 1 aromatic carbocycles. The number of pyridine rings is 1. The molecule has 0 saturated heterocycles. The molecule has 0 fully saturated rings. The van der Waals surface area contributed by atoms with E-state index in [0.717, 1.165) is 21.9 Å². The van der Waals surface area contributed by atoms with Gasteiger partial charge >= 0.3 is 0 Å². The van der Waals surface area contributed by atoms with Crippen LogP contribution in [0.25, 0.3) is 11.1 Å². The Morgan fingerprint density at radius 3 is 2.53 bits per heavy atom. The van der Waals surface area contributed by atoms with Gasteiger partial charge in [-0.15, -0.1) is 0 Å². The van der Waals surface area contributed by atoms with Crippen molar-refractivity contribution in [3.63, 3.8) is 0 Å². The number of halogens is 1. The third-order valence-electron chi connectivity index (χ3n) is 2.16. The van der Waals surface area contributed by atoms with Crippen molar-refractivity contribution in [2.75, 3.05) is 7.11 Å². The smallest absolute Gasteiger partial charge is 0.129 e. The highest BCUT2D eigenvalue weighted by Crippen LogP contribution is 2.29. The van der Waals surface area contributed by atoms with Gasteiger partial charge < -0.3 is 4.74 Å². The van der Waals surface area contributed by atoms with Gasteiger partial charge in [-0.25, -0.2) is 0 Å². The predicted octanol–water partition coefficient (Wildman–Crippen LogP) is 3.41. The number of rotatable bonds is 2. The van der Waals surface area contributed by atoms with Crippen LogP contribution in [0.3, 0.4) is 0 Å². The second kappa shape index (κ2) is 4.32. The Kier molecular flexibility index (Phi) is 2.88. The van der Waals surface area contributed by atoms with Gasteiger partial charge in [0.25, 0.3) is 0 Å². The number of nitrogens with zero attached hydrogens (tertiary/aromatic N) is 1.